The number of halogens is 1. The highest BCUT2D eigenvalue weighted by Gasteiger charge is 2.27. The number of ether oxygens (including phenoxy) is 1. The van der Waals surface area contributed by atoms with Crippen LogP contribution in [0.5, 0.6) is 5.75 Å². The number of rotatable bonds is 6. The van der Waals surface area contributed by atoms with Gasteiger partial charge in [0.1, 0.15) is 11.4 Å². The summed E-state index contributed by atoms with van der Waals surface area (Å²) in [5.74, 6) is 0.766. The third-order valence-electron chi connectivity index (χ3n) is 4.12. The predicted molar refractivity (Wildman–Crippen MR) is 99.7 cm³/mol. The lowest BCUT2D eigenvalue weighted by Gasteiger charge is -2.20. The zero-order valence-electron chi connectivity index (χ0n) is 14.8. The summed E-state index contributed by atoms with van der Waals surface area (Å²) in [6.07, 6.45) is 7.72. The number of nitrogens with zero attached hydrogens (tertiary/aromatic N) is 4. The van der Waals surface area contributed by atoms with Gasteiger partial charge in [0, 0.05) is 23.0 Å². The maximum atomic E-state index is 10.3. The summed E-state index contributed by atoms with van der Waals surface area (Å²) in [4.78, 5) is 0. The molecule has 0 atom stereocenters. The maximum Gasteiger partial charge on any atom is 0.129 e. The van der Waals surface area contributed by atoms with E-state index in [2.05, 4.69) is 10.2 Å². The van der Waals surface area contributed by atoms with Crippen LogP contribution in [-0.4, -0.2) is 36.4 Å². The summed E-state index contributed by atoms with van der Waals surface area (Å²) in [7, 11) is 0. The van der Waals surface area contributed by atoms with Crippen molar-refractivity contribution in [2.24, 2.45) is 0 Å². The molecule has 1 aliphatic carbocycles. The predicted octanol–water partition coefficient (Wildman–Crippen LogP) is 3.70. The molecule has 0 amide bonds. The van der Waals surface area contributed by atoms with E-state index in [-0.39, 0.29) is 6.10 Å². The van der Waals surface area contributed by atoms with Gasteiger partial charge >= 0.3 is 0 Å². The van der Waals surface area contributed by atoms with Gasteiger partial charge in [-0.15, -0.1) is 0 Å². The Labute approximate surface area is 157 Å². The average Bonchev–Trinajstić information content (AvgIpc) is 3.06. The molecule has 0 unspecified atom stereocenters. The van der Waals surface area contributed by atoms with Gasteiger partial charge in [-0.3, -0.25) is 4.68 Å². The lowest BCUT2D eigenvalue weighted by molar-refractivity contribution is 0.0582. The van der Waals surface area contributed by atoms with Gasteiger partial charge in [-0.05, 0) is 51.0 Å². The number of aliphatic hydroxyl groups is 1. The molecule has 1 N–H and O–H groups in total. The van der Waals surface area contributed by atoms with Gasteiger partial charge in [0.2, 0.25) is 0 Å². The molecular formula is C19H21ClN4O2. The van der Waals surface area contributed by atoms with E-state index in [9.17, 15) is 5.11 Å². The van der Waals surface area contributed by atoms with E-state index in [0.29, 0.717) is 11.6 Å². The Kier molecular flexibility index (Phi) is 4.25. The molecule has 1 fully saturated rings. The lowest BCUT2D eigenvalue weighted by atomic mass is 10.1. The fraction of sp³-hybridized carbons (Fsp3) is 0.368. The first-order chi connectivity index (χ1) is 12.4. The molecule has 1 aliphatic rings. The van der Waals surface area contributed by atoms with Gasteiger partial charge in [0.25, 0.3) is 0 Å². The lowest BCUT2D eigenvalue weighted by Crippen LogP contribution is -2.27. The highest BCUT2D eigenvalue weighted by Crippen LogP contribution is 2.39. The minimum atomic E-state index is -0.918. The molecule has 26 heavy (non-hydrogen) atoms. The first-order valence-electron chi connectivity index (χ1n) is 8.65. The molecular weight excluding hydrogens is 352 g/mol. The Morgan fingerprint density at radius 1 is 1.31 bits per heavy atom. The molecule has 6 nitrogen and oxygen atoms in total. The first-order valence-corrected chi connectivity index (χ1v) is 9.03. The Morgan fingerprint density at radius 3 is 2.77 bits per heavy atom. The summed E-state index contributed by atoms with van der Waals surface area (Å²) < 4.78 is 9.64. The highest BCUT2D eigenvalue weighted by molar-refractivity contribution is 6.31. The molecule has 7 heteroatoms. The van der Waals surface area contributed by atoms with E-state index >= 15 is 0 Å². The Hall–Kier alpha value is -2.31. The number of hydrogen-bond acceptors (Lipinski definition) is 4. The van der Waals surface area contributed by atoms with Crippen LogP contribution in [0, 0.1) is 0 Å². The second kappa shape index (κ2) is 6.45. The van der Waals surface area contributed by atoms with Crippen molar-refractivity contribution in [1.82, 2.24) is 19.6 Å². The average molecular weight is 373 g/mol. The van der Waals surface area contributed by atoms with Crippen LogP contribution in [0.2, 0.25) is 5.02 Å². The Balaban J connectivity index is 1.88. The van der Waals surface area contributed by atoms with Crippen molar-refractivity contribution in [3.8, 4) is 22.7 Å². The van der Waals surface area contributed by atoms with E-state index < -0.39 is 5.60 Å². The van der Waals surface area contributed by atoms with E-state index in [0.717, 1.165) is 35.5 Å². The van der Waals surface area contributed by atoms with Crippen LogP contribution in [0.3, 0.4) is 0 Å². The standard InChI is InChI=1S/C19H21ClN4O2/c1-19(2,25)12-24-18(16(11-22-24)23-9-3-8-21-23)15-10-13(20)4-7-17(15)26-14-5-6-14/h3-4,7-11,14,25H,5-6,12H2,1-2H3. The van der Waals surface area contributed by atoms with Crippen LogP contribution >= 0.6 is 11.6 Å². The number of hydrogen-bond donors (Lipinski definition) is 1. The van der Waals surface area contributed by atoms with E-state index in [1.807, 2.05) is 30.5 Å². The molecule has 1 aromatic carbocycles. The zero-order chi connectivity index (χ0) is 18.3. The molecule has 2 heterocycles. The Morgan fingerprint density at radius 2 is 2.12 bits per heavy atom. The molecule has 0 bridgehead atoms. The second-order valence-corrected chi connectivity index (χ2v) is 7.69. The van der Waals surface area contributed by atoms with E-state index in [1.54, 1.807) is 35.6 Å². The minimum absolute atomic E-state index is 0.258. The largest absolute Gasteiger partial charge is 0.490 e. The quantitative estimate of drug-likeness (QED) is 0.716. The van der Waals surface area contributed by atoms with Gasteiger partial charge in [0.05, 0.1) is 30.1 Å². The monoisotopic (exact) mass is 372 g/mol. The van der Waals surface area contributed by atoms with E-state index in [1.165, 1.54) is 0 Å². The smallest absolute Gasteiger partial charge is 0.129 e. The van der Waals surface area contributed by atoms with Crippen molar-refractivity contribution in [2.45, 2.75) is 44.9 Å². The minimum Gasteiger partial charge on any atom is -0.490 e. The Bertz CT molecular complexity index is 908. The van der Waals surface area contributed by atoms with Crippen molar-refractivity contribution in [3.05, 3.63) is 47.9 Å². The summed E-state index contributed by atoms with van der Waals surface area (Å²) in [6, 6.07) is 7.46. The normalized spacial score (nSPS) is 14.6. The number of benzene rings is 1. The fourth-order valence-corrected chi connectivity index (χ4v) is 3.05. The molecule has 136 valence electrons. The van der Waals surface area contributed by atoms with Gasteiger partial charge < -0.3 is 9.84 Å². The molecule has 0 saturated heterocycles. The zero-order valence-corrected chi connectivity index (χ0v) is 15.5. The topological polar surface area (TPSA) is 65.1 Å². The van der Waals surface area contributed by atoms with Crippen molar-refractivity contribution >= 4 is 11.6 Å². The summed E-state index contributed by atoms with van der Waals surface area (Å²) in [5, 5.41) is 19.8. The SMILES string of the molecule is CC(C)(O)Cn1ncc(-n2cccn2)c1-c1cc(Cl)ccc1OC1CC1. The summed E-state index contributed by atoms with van der Waals surface area (Å²) in [5.41, 5.74) is 1.55. The molecule has 4 rings (SSSR count). The van der Waals surface area contributed by atoms with Gasteiger partial charge in [-0.2, -0.15) is 10.2 Å². The summed E-state index contributed by atoms with van der Waals surface area (Å²) in [6.45, 7) is 3.84. The van der Waals surface area contributed by atoms with Crippen LogP contribution in [0.15, 0.2) is 42.9 Å². The fourth-order valence-electron chi connectivity index (χ4n) is 2.87. The molecule has 0 aliphatic heterocycles. The molecule has 0 radical (unpaired) electrons. The van der Waals surface area contributed by atoms with Gasteiger partial charge in [-0.25, -0.2) is 4.68 Å². The second-order valence-electron chi connectivity index (χ2n) is 7.26. The van der Waals surface area contributed by atoms with Crippen LogP contribution in [0.4, 0.5) is 0 Å². The summed E-state index contributed by atoms with van der Waals surface area (Å²) >= 11 is 6.29. The van der Waals surface area contributed by atoms with Crippen LogP contribution < -0.4 is 4.74 Å². The van der Waals surface area contributed by atoms with Crippen molar-refractivity contribution in [1.29, 1.82) is 0 Å². The van der Waals surface area contributed by atoms with Crippen LogP contribution in [0.1, 0.15) is 26.7 Å². The molecule has 3 aromatic rings. The third kappa shape index (κ3) is 3.61. The van der Waals surface area contributed by atoms with Crippen LogP contribution in [-0.2, 0) is 6.54 Å². The molecule has 1 saturated carbocycles. The highest BCUT2D eigenvalue weighted by atomic mass is 35.5. The maximum absolute atomic E-state index is 10.3. The molecule has 0 spiro atoms. The first kappa shape index (κ1) is 17.1. The van der Waals surface area contributed by atoms with Gasteiger partial charge in [0.15, 0.2) is 0 Å². The molecule has 2 aromatic heterocycles. The van der Waals surface area contributed by atoms with Gasteiger partial charge in [-0.1, -0.05) is 11.6 Å². The number of aromatic nitrogens is 4. The van der Waals surface area contributed by atoms with Crippen molar-refractivity contribution < 1.29 is 9.84 Å². The van der Waals surface area contributed by atoms with E-state index in [4.69, 9.17) is 16.3 Å². The third-order valence-corrected chi connectivity index (χ3v) is 4.36. The van der Waals surface area contributed by atoms with Crippen molar-refractivity contribution in [2.75, 3.05) is 0 Å². The van der Waals surface area contributed by atoms with Crippen LogP contribution in [0.25, 0.3) is 16.9 Å². The van der Waals surface area contributed by atoms with Crippen molar-refractivity contribution in [3.63, 3.8) is 0 Å².